The highest BCUT2D eigenvalue weighted by Crippen LogP contribution is 2.41. The van der Waals surface area contributed by atoms with Crippen molar-refractivity contribution in [2.45, 2.75) is 25.4 Å². The summed E-state index contributed by atoms with van der Waals surface area (Å²) in [5.74, 6) is 0.915. The Balaban J connectivity index is 1.91. The van der Waals surface area contributed by atoms with Gasteiger partial charge in [0.2, 0.25) is 0 Å². The maximum Gasteiger partial charge on any atom is 0.160 e. The summed E-state index contributed by atoms with van der Waals surface area (Å²) in [5, 5.41) is 0.709. The maximum atomic E-state index is 6.08. The van der Waals surface area contributed by atoms with Crippen LogP contribution in [0.1, 0.15) is 24.4 Å². The SMILES string of the molecule is NCc1ccc(-c2nc3cc(Cl)ccc3n2C2CC2)nc1. The van der Waals surface area contributed by atoms with Crippen molar-refractivity contribution in [1.29, 1.82) is 0 Å². The zero-order chi connectivity index (χ0) is 14.4. The zero-order valence-electron chi connectivity index (χ0n) is 11.5. The van der Waals surface area contributed by atoms with E-state index in [1.54, 1.807) is 0 Å². The molecule has 21 heavy (non-hydrogen) atoms. The third-order valence-corrected chi connectivity index (χ3v) is 4.09. The van der Waals surface area contributed by atoms with Gasteiger partial charge < -0.3 is 10.3 Å². The first-order chi connectivity index (χ1) is 10.3. The molecule has 4 rings (SSSR count). The summed E-state index contributed by atoms with van der Waals surface area (Å²) in [6.07, 6.45) is 4.21. The average Bonchev–Trinajstić information content (AvgIpc) is 3.28. The van der Waals surface area contributed by atoms with Gasteiger partial charge in [-0.1, -0.05) is 17.7 Å². The number of halogens is 1. The Morgan fingerprint density at radius 3 is 2.76 bits per heavy atom. The molecule has 106 valence electrons. The van der Waals surface area contributed by atoms with Gasteiger partial charge in [0.1, 0.15) is 5.69 Å². The van der Waals surface area contributed by atoms with Crippen molar-refractivity contribution < 1.29 is 0 Å². The van der Waals surface area contributed by atoms with Crippen LogP contribution in [0.4, 0.5) is 0 Å². The molecule has 0 amide bonds. The van der Waals surface area contributed by atoms with Crippen LogP contribution in [-0.4, -0.2) is 14.5 Å². The van der Waals surface area contributed by atoms with Crippen LogP contribution in [0, 0.1) is 0 Å². The monoisotopic (exact) mass is 298 g/mol. The quantitative estimate of drug-likeness (QED) is 0.804. The third kappa shape index (κ3) is 2.20. The van der Waals surface area contributed by atoms with Gasteiger partial charge >= 0.3 is 0 Å². The van der Waals surface area contributed by atoms with Crippen LogP contribution in [0.25, 0.3) is 22.6 Å². The molecule has 0 aliphatic heterocycles. The van der Waals surface area contributed by atoms with Gasteiger partial charge in [-0.15, -0.1) is 0 Å². The molecule has 0 saturated heterocycles. The molecule has 3 aromatic rings. The Labute approximate surface area is 127 Å². The van der Waals surface area contributed by atoms with E-state index >= 15 is 0 Å². The molecule has 1 saturated carbocycles. The van der Waals surface area contributed by atoms with E-state index in [0.29, 0.717) is 17.6 Å². The lowest BCUT2D eigenvalue weighted by atomic mass is 10.2. The molecule has 2 N–H and O–H groups in total. The molecule has 4 nitrogen and oxygen atoms in total. The van der Waals surface area contributed by atoms with Crippen LogP contribution in [0.5, 0.6) is 0 Å². The van der Waals surface area contributed by atoms with E-state index < -0.39 is 0 Å². The van der Waals surface area contributed by atoms with Crippen molar-refractivity contribution >= 4 is 22.6 Å². The van der Waals surface area contributed by atoms with Gasteiger partial charge in [-0.2, -0.15) is 0 Å². The van der Waals surface area contributed by atoms with Gasteiger partial charge in [-0.25, -0.2) is 4.98 Å². The lowest BCUT2D eigenvalue weighted by molar-refractivity contribution is 0.772. The van der Waals surface area contributed by atoms with Crippen molar-refractivity contribution in [2.24, 2.45) is 5.73 Å². The Kier molecular flexibility index (Phi) is 2.94. The van der Waals surface area contributed by atoms with Crippen molar-refractivity contribution in [3.05, 3.63) is 47.1 Å². The van der Waals surface area contributed by atoms with E-state index in [1.165, 1.54) is 12.8 Å². The summed E-state index contributed by atoms with van der Waals surface area (Å²) in [7, 11) is 0. The molecule has 0 spiro atoms. The maximum absolute atomic E-state index is 6.08. The van der Waals surface area contributed by atoms with E-state index in [4.69, 9.17) is 22.3 Å². The Hall–Kier alpha value is -1.91. The number of benzene rings is 1. The predicted octanol–water partition coefficient (Wildman–Crippen LogP) is 3.55. The largest absolute Gasteiger partial charge is 0.326 e. The van der Waals surface area contributed by atoms with Gasteiger partial charge in [-0.3, -0.25) is 4.98 Å². The van der Waals surface area contributed by atoms with E-state index in [0.717, 1.165) is 28.1 Å². The van der Waals surface area contributed by atoms with Crippen LogP contribution in [0.2, 0.25) is 5.02 Å². The van der Waals surface area contributed by atoms with Crippen molar-refractivity contribution in [1.82, 2.24) is 14.5 Å². The van der Waals surface area contributed by atoms with Gasteiger partial charge in [-0.05, 0) is 42.7 Å². The third-order valence-electron chi connectivity index (χ3n) is 3.85. The number of nitrogens with two attached hydrogens (primary N) is 1. The molecule has 1 aliphatic carbocycles. The summed E-state index contributed by atoms with van der Waals surface area (Å²) in [5.41, 5.74) is 9.59. The molecule has 2 heterocycles. The fourth-order valence-electron chi connectivity index (χ4n) is 2.63. The molecular weight excluding hydrogens is 284 g/mol. The summed E-state index contributed by atoms with van der Waals surface area (Å²) < 4.78 is 2.29. The smallest absolute Gasteiger partial charge is 0.160 e. The molecular formula is C16H15ClN4. The first-order valence-corrected chi connectivity index (χ1v) is 7.47. The Morgan fingerprint density at radius 1 is 1.24 bits per heavy atom. The highest BCUT2D eigenvalue weighted by atomic mass is 35.5. The lowest BCUT2D eigenvalue weighted by Gasteiger charge is -2.07. The topological polar surface area (TPSA) is 56.7 Å². The highest BCUT2D eigenvalue weighted by Gasteiger charge is 2.29. The second-order valence-corrected chi connectivity index (χ2v) is 5.86. The average molecular weight is 299 g/mol. The minimum atomic E-state index is 0.502. The molecule has 2 aromatic heterocycles. The zero-order valence-corrected chi connectivity index (χ0v) is 12.2. The molecule has 1 aliphatic rings. The molecule has 0 unspecified atom stereocenters. The van der Waals surface area contributed by atoms with Crippen LogP contribution in [0.15, 0.2) is 36.5 Å². The Morgan fingerprint density at radius 2 is 2.10 bits per heavy atom. The normalized spacial score (nSPS) is 14.8. The molecule has 1 aromatic carbocycles. The van der Waals surface area contributed by atoms with Gasteiger partial charge in [0.05, 0.1) is 11.0 Å². The molecule has 1 fully saturated rings. The van der Waals surface area contributed by atoms with E-state index in [9.17, 15) is 0 Å². The summed E-state index contributed by atoms with van der Waals surface area (Å²) >= 11 is 6.08. The second kappa shape index (κ2) is 4.83. The van der Waals surface area contributed by atoms with Gasteiger partial charge in [0.15, 0.2) is 5.82 Å². The van der Waals surface area contributed by atoms with Crippen LogP contribution in [0.3, 0.4) is 0 Å². The summed E-state index contributed by atoms with van der Waals surface area (Å²) in [6, 6.07) is 10.4. The number of fused-ring (bicyclic) bond motifs is 1. The van der Waals surface area contributed by atoms with E-state index in [2.05, 4.69) is 9.55 Å². The molecule has 5 heteroatoms. The lowest BCUT2D eigenvalue weighted by Crippen LogP contribution is -2.01. The number of hydrogen-bond donors (Lipinski definition) is 1. The minimum absolute atomic E-state index is 0.502. The van der Waals surface area contributed by atoms with Crippen LogP contribution in [-0.2, 0) is 6.54 Å². The second-order valence-electron chi connectivity index (χ2n) is 5.43. The van der Waals surface area contributed by atoms with E-state index in [-0.39, 0.29) is 0 Å². The van der Waals surface area contributed by atoms with Crippen molar-refractivity contribution in [3.8, 4) is 11.5 Å². The predicted molar refractivity (Wildman–Crippen MR) is 84.1 cm³/mol. The standard InChI is InChI=1S/C16H15ClN4/c17-11-2-6-15-14(7-11)20-16(21(15)12-3-4-12)13-5-1-10(8-18)9-19-13/h1-2,5-7,9,12H,3-4,8,18H2. The van der Waals surface area contributed by atoms with Crippen molar-refractivity contribution in [3.63, 3.8) is 0 Å². The van der Waals surface area contributed by atoms with Gasteiger partial charge in [0.25, 0.3) is 0 Å². The first-order valence-electron chi connectivity index (χ1n) is 7.09. The summed E-state index contributed by atoms with van der Waals surface area (Å²) in [6.45, 7) is 0.502. The number of pyridine rings is 1. The fraction of sp³-hybridized carbons (Fsp3) is 0.250. The first kappa shape index (κ1) is 12.8. The number of hydrogen-bond acceptors (Lipinski definition) is 3. The number of rotatable bonds is 3. The van der Waals surface area contributed by atoms with Crippen LogP contribution >= 0.6 is 11.6 Å². The van der Waals surface area contributed by atoms with E-state index in [1.807, 2.05) is 36.5 Å². The molecule has 0 bridgehead atoms. The highest BCUT2D eigenvalue weighted by molar-refractivity contribution is 6.31. The van der Waals surface area contributed by atoms with Crippen LogP contribution < -0.4 is 5.73 Å². The fourth-order valence-corrected chi connectivity index (χ4v) is 2.80. The number of nitrogens with zero attached hydrogens (tertiary/aromatic N) is 3. The minimum Gasteiger partial charge on any atom is -0.326 e. The molecule has 0 radical (unpaired) electrons. The number of aromatic nitrogens is 3. The Bertz CT molecular complexity index is 803. The number of imidazole rings is 1. The van der Waals surface area contributed by atoms with Crippen molar-refractivity contribution in [2.75, 3.05) is 0 Å². The molecule has 0 atom stereocenters. The van der Waals surface area contributed by atoms with Gasteiger partial charge in [0, 0.05) is 23.8 Å². The summed E-state index contributed by atoms with van der Waals surface area (Å²) in [4.78, 5) is 9.26.